The molecule has 4 rings (SSSR count). The first-order valence-corrected chi connectivity index (χ1v) is 10.8. The molecular formula is C21H19ClFN5OS. The van der Waals surface area contributed by atoms with Crippen molar-refractivity contribution in [3.63, 3.8) is 0 Å². The molecule has 0 aliphatic carbocycles. The molecule has 0 bridgehead atoms. The van der Waals surface area contributed by atoms with Crippen LogP contribution in [0.4, 0.5) is 4.39 Å². The van der Waals surface area contributed by atoms with Gasteiger partial charge in [-0.2, -0.15) is 4.98 Å². The maximum Gasteiger partial charge on any atom is 0.259 e. The smallest absolute Gasteiger partial charge is 0.259 e. The van der Waals surface area contributed by atoms with E-state index in [4.69, 9.17) is 16.1 Å². The molecule has 0 aliphatic rings. The Hall–Kier alpha value is -2.71. The van der Waals surface area contributed by atoms with E-state index in [9.17, 15) is 4.39 Å². The van der Waals surface area contributed by atoms with Gasteiger partial charge in [0.1, 0.15) is 5.82 Å². The Morgan fingerprint density at radius 1 is 1.07 bits per heavy atom. The van der Waals surface area contributed by atoms with E-state index >= 15 is 0 Å². The molecule has 0 saturated carbocycles. The molecule has 0 unspecified atom stereocenters. The Morgan fingerprint density at radius 2 is 1.80 bits per heavy atom. The number of benzene rings is 2. The Bertz CT molecular complexity index is 1160. The lowest BCUT2D eigenvalue weighted by atomic mass is 10.2. The van der Waals surface area contributed by atoms with Crippen molar-refractivity contribution in [3.05, 3.63) is 65.2 Å². The highest BCUT2D eigenvalue weighted by Crippen LogP contribution is 2.30. The van der Waals surface area contributed by atoms with Crippen molar-refractivity contribution in [2.24, 2.45) is 5.92 Å². The molecule has 4 aromatic rings. The fourth-order valence-electron chi connectivity index (χ4n) is 2.95. The summed E-state index contributed by atoms with van der Waals surface area (Å²) in [5.74, 6) is 1.83. The van der Waals surface area contributed by atoms with Crippen LogP contribution in [0.25, 0.3) is 22.8 Å². The highest BCUT2D eigenvalue weighted by atomic mass is 35.5. The third kappa shape index (κ3) is 4.39. The van der Waals surface area contributed by atoms with Gasteiger partial charge in [-0.15, -0.1) is 10.2 Å². The monoisotopic (exact) mass is 443 g/mol. The van der Waals surface area contributed by atoms with Crippen molar-refractivity contribution in [2.75, 3.05) is 0 Å². The van der Waals surface area contributed by atoms with Crippen molar-refractivity contribution in [2.45, 2.75) is 31.3 Å². The first kappa shape index (κ1) is 20.6. The minimum atomic E-state index is -0.325. The van der Waals surface area contributed by atoms with Crippen LogP contribution in [-0.2, 0) is 12.3 Å². The van der Waals surface area contributed by atoms with Crippen molar-refractivity contribution >= 4 is 23.4 Å². The van der Waals surface area contributed by atoms with Crippen molar-refractivity contribution < 1.29 is 8.91 Å². The van der Waals surface area contributed by atoms with Gasteiger partial charge in [0, 0.05) is 6.54 Å². The number of hydrogen-bond acceptors (Lipinski definition) is 6. The molecule has 30 heavy (non-hydrogen) atoms. The second-order valence-electron chi connectivity index (χ2n) is 7.07. The fraction of sp³-hybridized carbons (Fsp3) is 0.238. The summed E-state index contributed by atoms with van der Waals surface area (Å²) < 4.78 is 21.6. The Kier molecular flexibility index (Phi) is 6.15. The minimum absolute atomic E-state index is 0.325. The summed E-state index contributed by atoms with van der Waals surface area (Å²) >= 11 is 7.62. The predicted molar refractivity (Wildman–Crippen MR) is 115 cm³/mol. The molecule has 154 valence electrons. The van der Waals surface area contributed by atoms with Crippen molar-refractivity contribution in [3.8, 4) is 22.8 Å². The SMILES string of the molecule is CC(C)Cn1c(SCc2noc(-c3ccccc3Cl)n2)nnc1-c1ccccc1F. The molecule has 0 saturated heterocycles. The summed E-state index contributed by atoms with van der Waals surface area (Å²) in [5, 5.41) is 13.8. The number of rotatable bonds is 7. The molecule has 6 nitrogen and oxygen atoms in total. The molecule has 2 aromatic heterocycles. The van der Waals surface area contributed by atoms with Crippen LogP contribution in [0.5, 0.6) is 0 Å². The topological polar surface area (TPSA) is 69.6 Å². The normalized spacial score (nSPS) is 11.4. The van der Waals surface area contributed by atoms with Crippen molar-refractivity contribution in [1.82, 2.24) is 24.9 Å². The van der Waals surface area contributed by atoms with E-state index in [1.54, 1.807) is 24.3 Å². The van der Waals surface area contributed by atoms with Gasteiger partial charge in [0.2, 0.25) is 0 Å². The van der Waals surface area contributed by atoms with E-state index in [0.717, 1.165) is 0 Å². The second-order valence-corrected chi connectivity index (χ2v) is 8.42. The first-order valence-electron chi connectivity index (χ1n) is 9.41. The molecule has 9 heteroatoms. The Labute approximate surface area is 182 Å². The lowest BCUT2D eigenvalue weighted by molar-refractivity contribution is 0.425. The number of thioether (sulfide) groups is 1. The number of aromatic nitrogens is 5. The zero-order valence-corrected chi connectivity index (χ0v) is 18.0. The average molecular weight is 444 g/mol. The van der Waals surface area contributed by atoms with Crippen LogP contribution in [0.1, 0.15) is 19.7 Å². The quantitative estimate of drug-likeness (QED) is 0.339. The molecule has 0 N–H and O–H groups in total. The van der Waals surface area contributed by atoms with Gasteiger partial charge in [0.05, 0.1) is 21.9 Å². The molecule has 0 amide bonds. The van der Waals surface area contributed by atoms with Crippen LogP contribution in [0.3, 0.4) is 0 Å². The average Bonchev–Trinajstić information content (AvgIpc) is 3.34. The Morgan fingerprint density at radius 3 is 2.53 bits per heavy atom. The highest BCUT2D eigenvalue weighted by Gasteiger charge is 2.19. The summed E-state index contributed by atoms with van der Waals surface area (Å²) in [6.45, 7) is 4.85. The van der Waals surface area contributed by atoms with Crippen LogP contribution in [0.2, 0.25) is 5.02 Å². The van der Waals surface area contributed by atoms with Crippen LogP contribution in [0.15, 0.2) is 58.2 Å². The maximum atomic E-state index is 14.3. The van der Waals surface area contributed by atoms with Crippen molar-refractivity contribution in [1.29, 1.82) is 0 Å². The van der Waals surface area contributed by atoms with E-state index in [0.29, 0.717) is 57.1 Å². The van der Waals surface area contributed by atoms with Crippen LogP contribution >= 0.6 is 23.4 Å². The van der Waals surface area contributed by atoms with E-state index in [1.165, 1.54) is 17.8 Å². The standard InChI is InChI=1S/C21H19ClFN5OS/c1-13(2)11-28-19(15-8-4-6-10-17(15)23)25-26-21(28)30-12-18-24-20(29-27-18)14-7-3-5-9-16(14)22/h3-10,13H,11-12H2,1-2H3. The van der Waals surface area contributed by atoms with E-state index < -0.39 is 0 Å². The fourth-order valence-corrected chi connectivity index (χ4v) is 3.96. The van der Waals surface area contributed by atoms with Gasteiger partial charge >= 0.3 is 0 Å². The molecule has 2 aromatic carbocycles. The molecular weight excluding hydrogens is 425 g/mol. The lowest BCUT2D eigenvalue weighted by Crippen LogP contribution is -2.08. The minimum Gasteiger partial charge on any atom is -0.334 e. The molecule has 0 atom stereocenters. The first-order chi connectivity index (χ1) is 14.5. The van der Waals surface area contributed by atoms with Gasteiger partial charge in [-0.05, 0) is 30.2 Å². The lowest BCUT2D eigenvalue weighted by Gasteiger charge is -2.12. The van der Waals surface area contributed by atoms with Gasteiger partial charge in [-0.1, -0.05) is 66.6 Å². The number of hydrogen-bond donors (Lipinski definition) is 0. The predicted octanol–water partition coefficient (Wildman–Crippen LogP) is 5.74. The van der Waals surface area contributed by atoms with E-state index in [-0.39, 0.29) is 5.82 Å². The summed E-state index contributed by atoms with van der Waals surface area (Å²) in [7, 11) is 0. The summed E-state index contributed by atoms with van der Waals surface area (Å²) in [6.07, 6.45) is 0. The van der Waals surface area contributed by atoms with Gasteiger partial charge in [0.25, 0.3) is 5.89 Å². The molecule has 2 heterocycles. The van der Waals surface area contributed by atoms with Gasteiger partial charge in [-0.3, -0.25) is 0 Å². The summed E-state index contributed by atoms with van der Waals surface area (Å²) in [4.78, 5) is 4.43. The highest BCUT2D eigenvalue weighted by molar-refractivity contribution is 7.98. The van der Waals surface area contributed by atoms with Gasteiger partial charge in [0.15, 0.2) is 16.8 Å². The molecule has 0 radical (unpaired) electrons. The maximum absolute atomic E-state index is 14.3. The van der Waals surface area contributed by atoms with Gasteiger partial charge in [-0.25, -0.2) is 4.39 Å². The summed E-state index contributed by atoms with van der Waals surface area (Å²) in [5.41, 5.74) is 1.12. The largest absolute Gasteiger partial charge is 0.334 e. The molecule has 0 fully saturated rings. The van der Waals surface area contributed by atoms with Crippen LogP contribution in [0, 0.1) is 11.7 Å². The second kappa shape index (κ2) is 8.97. The molecule has 0 spiro atoms. The van der Waals surface area contributed by atoms with Crippen LogP contribution < -0.4 is 0 Å². The summed E-state index contributed by atoms with van der Waals surface area (Å²) in [6, 6.07) is 13.9. The zero-order chi connectivity index (χ0) is 21.1. The van der Waals surface area contributed by atoms with E-state index in [1.807, 2.05) is 22.8 Å². The number of halogens is 2. The third-order valence-electron chi connectivity index (χ3n) is 4.28. The van der Waals surface area contributed by atoms with Gasteiger partial charge < -0.3 is 9.09 Å². The van der Waals surface area contributed by atoms with Crippen LogP contribution in [-0.4, -0.2) is 24.9 Å². The van der Waals surface area contributed by atoms with E-state index in [2.05, 4.69) is 34.2 Å². The Balaban J connectivity index is 1.57. The zero-order valence-electron chi connectivity index (χ0n) is 16.4. The number of nitrogens with zero attached hydrogens (tertiary/aromatic N) is 5. The third-order valence-corrected chi connectivity index (χ3v) is 5.57. The molecule has 0 aliphatic heterocycles.